The van der Waals surface area contributed by atoms with Crippen LogP contribution in [0.4, 0.5) is 13.2 Å². The van der Waals surface area contributed by atoms with Gasteiger partial charge in [-0.05, 0) is 24.3 Å². The first-order valence-electron chi connectivity index (χ1n) is 6.78. The van der Waals surface area contributed by atoms with Crippen molar-refractivity contribution in [1.82, 2.24) is 4.98 Å². The van der Waals surface area contributed by atoms with E-state index in [9.17, 15) is 18.0 Å². The Morgan fingerprint density at radius 3 is 2.52 bits per heavy atom. The van der Waals surface area contributed by atoms with E-state index in [1.54, 1.807) is 18.2 Å². The second-order valence-corrected chi connectivity index (χ2v) is 4.98. The topological polar surface area (TPSA) is 42.1 Å². The van der Waals surface area contributed by atoms with E-state index < -0.39 is 17.7 Å². The average Bonchev–Trinajstić information content (AvgIpc) is 2.97. The molecule has 0 spiro atoms. The van der Waals surface area contributed by atoms with E-state index in [1.165, 1.54) is 31.4 Å². The number of nitrogens with one attached hydrogen (secondary N) is 1. The van der Waals surface area contributed by atoms with Crippen LogP contribution in [0.5, 0.6) is 0 Å². The third kappa shape index (κ3) is 2.67. The molecule has 0 aliphatic heterocycles. The van der Waals surface area contributed by atoms with E-state index in [2.05, 4.69) is 4.98 Å². The largest absolute Gasteiger partial charge is 0.465 e. The van der Waals surface area contributed by atoms with E-state index in [0.29, 0.717) is 22.2 Å². The van der Waals surface area contributed by atoms with Crippen LogP contribution < -0.4 is 0 Å². The third-order valence-electron chi connectivity index (χ3n) is 3.59. The molecule has 0 unspecified atom stereocenters. The Hall–Kier alpha value is -2.76. The molecule has 0 atom stereocenters. The molecule has 3 rings (SSSR count). The first-order chi connectivity index (χ1) is 10.9. The first-order valence-corrected chi connectivity index (χ1v) is 6.78. The van der Waals surface area contributed by atoms with Crippen molar-refractivity contribution in [3.8, 4) is 11.3 Å². The molecule has 6 heteroatoms. The lowest BCUT2D eigenvalue weighted by molar-refractivity contribution is -0.137. The number of benzene rings is 2. The maximum Gasteiger partial charge on any atom is 0.417 e. The summed E-state index contributed by atoms with van der Waals surface area (Å²) < 4.78 is 44.2. The van der Waals surface area contributed by atoms with E-state index in [0.717, 1.165) is 6.07 Å². The minimum absolute atomic E-state index is 0.0343. The standard InChI is InChI=1S/C17H12F3NO2/c1-23-16(22)10-6-4-8-14-12(10)9-15(21-14)11-5-2-3-7-13(11)17(18,19)20/h2-9,21H,1H3. The van der Waals surface area contributed by atoms with Crippen molar-refractivity contribution in [3.63, 3.8) is 0 Å². The summed E-state index contributed by atoms with van der Waals surface area (Å²) >= 11 is 0. The Labute approximate surface area is 129 Å². The van der Waals surface area contributed by atoms with Gasteiger partial charge in [0.25, 0.3) is 0 Å². The molecule has 0 fully saturated rings. The third-order valence-corrected chi connectivity index (χ3v) is 3.59. The normalized spacial score (nSPS) is 11.7. The molecule has 0 saturated carbocycles. The molecule has 0 aliphatic carbocycles. The Morgan fingerprint density at radius 2 is 1.83 bits per heavy atom. The maximum absolute atomic E-state index is 13.2. The van der Waals surface area contributed by atoms with Crippen molar-refractivity contribution >= 4 is 16.9 Å². The fourth-order valence-electron chi connectivity index (χ4n) is 2.55. The van der Waals surface area contributed by atoms with Crippen LogP contribution >= 0.6 is 0 Å². The molecule has 1 N–H and O–H groups in total. The van der Waals surface area contributed by atoms with Crippen molar-refractivity contribution in [2.75, 3.05) is 7.11 Å². The second-order valence-electron chi connectivity index (χ2n) is 4.98. The summed E-state index contributed by atoms with van der Waals surface area (Å²) in [5, 5.41) is 0.520. The lowest BCUT2D eigenvalue weighted by Crippen LogP contribution is -2.06. The minimum Gasteiger partial charge on any atom is -0.465 e. The molecular formula is C17H12F3NO2. The first kappa shape index (κ1) is 15.1. The fraction of sp³-hybridized carbons (Fsp3) is 0.118. The van der Waals surface area contributed by atoms with Gasteiger partial charge in [-0.25, -0.2) is 4.79 Å². The lowest BCUT2D eigenvalue weighted by Gasteiger charge is -2.11. The summed E-state index contributed by atoms with van der Waals surface area (Å²) in [5.41, 5.74) is 0.472. The number of rotatable bonds is 2. The molecular weight excluding hydrogens is 307 g/mol. The summed E-state index contributed by atoms with van der Waals surface area (Å²) in [5.74, 6) is -0.537. The van der Waals surface area contributed by atoms with Crippen molar-refractivity contribution in [2.45, 2.75) is 6.18 Å². The molecule has 3 nitrogen and oxygen atoms in total. The highest BCUT2D eigenvalue weighted by Crippen LogP contribution is 2.37. The predicted molar refractivity (Wildman–Crippen MR) is 80.1 cm³/mol. The Kier molecular flexibility index (Phi) is 3.60. The van der Waals surface area contributed by atoms with Crippen LogP contribution in [0.25, 0.3) is 22.2 Å². The van der Waals surface area contributed by atoms with Crippen LogP contribution in [-0.2, 0) is 10.9 Å². The number of fused-ring (bicyclic) bond motifs is 1. The van der Waals surface area contributed by atoms with Crippen LogP contribution in [0.2, 0.25) is 0 Å². The maximum atomic E-state index is 13.2. The highest BCUT2D eigenvalue weighted by atomic mass is 19.4. The van der Waals surface area contributed by atoms with Crippen LogP contribution in [0.3, 0.4) is 0 Å². The summed E-state index contributed by atoms with van der Waals surface area (Å²) in [4.78, 5) is 14.7. The van der Waals surface area contributed by atoms with Crippen LogP contribution in [0, 0.1) is 0 Å². The second kappa shape index (κ2) is 5.46. The number of alkyl halides is 3. The zero-order chi connectivity index (χ0) is 16.6. The van der Waals surface area contributed by atoms with Crippen molar-refractivity contribution in [3.05, 3.63) is 59.7 Å². The van der Waals surface area contributed by atoms with Crippen LogP contribution in [0.15, 0.2) is 48.5 Å². The molecule has 0 bridgehead atoms. The molecule has 0 amide bonds. The number of carbonyl (C=O) groups is 1. The Balaban J connectivity index is 2.22. The van der Waals surface area contributed by atoms with Gasteiger partial charge in [-0.1, -0.05) is 24.3 Å². The van der Waals surface area contributed by atoms with Crippen LogP contribution in [0.1, 0.15) is 15.9 Å². The fourth-order valence-corrected chi connectivity index (χ4v) is 2.55. The molecule has 1 heterocycles. The van der Waals surface area contributed by atoms with Crippen molar-refractivity contribution < 1.29 is 22.7 Å². The smallest absolute Gasteiger partial charge is 0.417 e. The molecule has 0 aliphatic rings. The summed E-state index contributed by atoms with van der Waals surface area (Å²) in [6.45, 7) is 0. The number of ether oxygens (including phenoxy) is 1. The molecule has 23 heavy (non-hydrogen) atoms. The average molecular weight is 319 g/mol. The number of hydrogen-bond acceptors (Lipinski definition) is 2. The highest BCUT2D eigenvalue weighted by Gasteiger charge is 2.33. The zero-order valence-electron chi connectivity index (χ0n) is 12.1. The van der Waals surface area contributed by atoms with Gasteiger partial charge < -0.3 is 9.72 Å². The van der Waals surface area contributed by atoms with Gasteiger partial charge in [0.15, 0.2) is 0 Å². The van der Waals surface area contributed by atoms with Gasteiger partial charge in [-0.3, -0.25) is 0 Å². The van der Waals surface area contributed by atoms with Gasteiger partial charge in [0.1, 0.15) is 0 Å². The van der Waals surface area contributed by atoms with Gasteiger partial charge >= 0.3 is 12.1 Å². The molecule has 0 saturated heterocycles. The molecule has 1 aromatic heterocycles. The highest BCUT2D eigenvalue weighted by molar-refractivity contribution is 6.05. The molecule has 118 valence electrons. The zero-order valence-corrected chi connectivity index (χ0v) is 12.1. The van der Waals surface area contributed by atoms with Gasteiger partial charge in [-0.2, -0.15) is 13.2 Å². The SMILES string of the molecule is COC(=O)c1cccc2[nH]c(-c3ccccc3C(F)(F)F)cc12. The van der Waals surface area contributed by atoms with Crippen molar-refractivity contribution in [2.24, 2.45) is 0 Å². The minimum atomic E-state index is -4.46. The number of hydrogen-bond donors (Lipinski definition) is 1. The van der Waals surface area contributed by atoms with Crippen LogP contribution in [-0.4, -0.2) is 18.1 Å². The van der Waals surface area contributed by atoms with E-state index in [4.69, 9.17) is 4.74 Å². The van der Waals surface area contributed by atoms with Gasteiger partial charge in [-0.15, -0.1) is 0 Å². The van der Waals surface area contributed by atoms with Gasteiger partial charge in [0.05, 0.1) is 18.2 Å². The number of methoxy groups -OCH3 is 1. The summed E-state index contributed by atoms with van der Waals surface area (Å²) in [7, 11) is 1.26. The monoisotopic (exact) mass is 319 g/mol. The molecule has 3 aromatic rings. The Bertz CT molecular complexity index is 881. The summed E-state index contributed by atoms with van der Waals surface area (Å²) in [6, 6.07) is 11.7. The van der Waals surface area contributed by atoms with E-state index in [-0.39, 0.29) is 5.56 Å². The Morgan fingerprint density at radius 1 is 1.09 bits per heavy atom. The van der Waals surface area contributed by atoms with E-state index in [1.807, 2.05) is 0 Å². The number of H-pyrrole nitrogens is 1. The van der Waals surface area contributed by atoms with Gasteiger partial charge in [0, 0.05) is 22.2 Å². The molecule has 0 radical (unpaired) electrons. The lowest BCUT2D eigenvalue weighted by atomic mass is 10.0. The molecule has 2 aromatic carbocycles. The number of aromatic amines is 1. The quantitative estimate of drug-likeness (QED) is 0.699. The number of aromatic nitrogens is 1. The van der Waals surface area contributed by atoms with Gasteiger partial charge in [0.2, 0.25) is 0 Å². The van der Waals surface area contributed by atoms with E-state index >= 15 is 0 Å². The van der Waals surface area contributed by atoms with Crippen molar-refractivity contribution in [1.29, 1.82) is 0 Å². The number of esters is 1. The number of carbonyl (C=O) groups excluding carboxylic acids is 1. The predicted octanol–water partition coefficient (Wildman–Crippen LogP) is 4.64. The summed E-state index contributed by atoms with van der Waals surface area (Å²) in [6.07, 6.45) is -4.46. The number of halogens is 3.